The number of hydrogen-bond acceptors (Lipinski definition) is 4. The Labute approximate surface area is 218 Å². The Bertz CT molecular complexity index is 1420. The van der Waals surface area contributed by atoms with Gasteiger partial charge in [0.2, 0.25) is 0 Å². The average Bonchev–Trinajstić information content (AvgIpc) is 2.88. The molecular formula is C26H27F5N2O3S2. The van der Waals surface area contributed by atoms with Crippen LogP contribution in [0.4, 0.5) is 25.1 Å². The third-order valence-corrected chi connectivity index (χ3v) is 10.1. The van der Waals surface area contributed by atoms with Gasteiger partial charge in [0, 0.05) is 24.3 Å². The van der Waals surface area contributed by atoms with Crippen molar-refractivity contribution in [2.24, 2.45) is 0 Å². The van der Waals surface area contributed by atoms with Crippen molar-refractivity contribution in [1.82, 2.24) is 5.32 Å². The van der Waals surface area contributed by atoms with Gasteiger partial charge >= 0.3 is 10.2 Å². The smallest absolute Gasteiger partial charge is 0.310 e. The van der Waals surface area contributed by atoms with Crippen molar-refractivity contribution in [3.05, 3.63) is 78.4 Å². The van der Waals surface area contributed by atoms with E-state index in [-0.39, 0.29) is 22.5 Å². The Morgan fingerprint density at radius 1 is 0.763 bits per heavy atom. The molecule has 12 heteroatoms. The van der Waals surface area contributed by atoms with Gasteiger partial charge in [0.1, 0.15) is 4.90 Å². The second-order valence-corrected chi connectivity index (χ2v) is 14.0. The minimum atomic E-state index is -9.72. The largest absolute Gasteiger partial charge is 0.382 e. The van der Waals surface area contributed by atoms with E-state index >= 15 is 0 Å². The lowest BCUT2D eigenvalue weighted by atomic mass is 9.95. The Kier molecular flexibility index (Phi) is 6.80. The SMILES string of the molecule is CNC(=O)c1ccc(-c2ccc(S(=O)(=O)C3CCC(Nc4ccc(S(F)(F)(F)(F)F)cc4)CC3)cc2)cc1. The molecular weight excluding hydrogens is 547 g/mol. The molecule has 206 valence electrons. The summed E-state index contributed by atoms with van der Waals surface area (Å²) in [6.07, 6.45) is 1.63. The molecule has 0 spiro atoms. The molecule has 0 atom stereocenters. The number of anilines is 1. The lowest BCUT2D eigenvalue weighted by Gasteiger charge is -2.40. The molecule has 1 amide bonds. The molecule has 5 nitrogen and oxygen atoms in total. The third-order valence-electron chi connectivity index (χ3n) is 6.67. The highest BCUT2D eigenvalue weighted by atomic mass is 32.5. The van der Waals surface area contributed by atoms with E-state index in [0.29, 0.717) is 43.4 Å². The molecule has 0 saturated heterocycles. The first kappa shape index (κ1) is 27.9. The molecule has 1 saturated carbocycles. The number of amides is 1. The Balaban J connectivity index is 1.37. The average molecular weight is 575 g/mol. The van der Waals surface area contributed by atoms with Crippen molar-refractivity contribution in [2.75, 3.05) is 12.4 Å². The van der Waals surface area contributed by atoms with Crippen LogP contribution in [0.15, 0.2) is 82.6 Å². The fourth-order valence-corrected chi connectivity index (χ4v) is 6.99. The van der Waals surface area contributed by atoms with Crippen molar-refractivity contribution in [1.29, 1.82) is 0 Å². The molecule has 0 aromatic heterocycles. The molecule has 1 aliphatic rings. The van der Waals surface area contributed by atoms with E-state index < -0.39 is 30.2 Å². The summed E-state index contributed by atoms with van der Waals surface area (Å²) in [5.41, 5.74) is 2.42. The van der Waals surface area contributed by atoms with Gasteiger partial charge in [-0.05, 0) is 85.3 Å². The van der Waals surface area contributed by atoms with Gasteiger partial charge in [-0.15, -0.1) is 0 Å². The molecule has 0 bridgehead atoms. The molecule has 4 rings (SSSR count). The molecule has 1 fully saturated rings. The summed E-state index contributed by atoms with van der Waals surface area (Å²) in [5, 5.41) is 4.96. The number of halogens is 5. The standard InChI is InChI=1S/C26H27F5N2O3S2/c1-32-26(34)20-4-2-18(3-5-20)19-6-12-23(13-7-19)37(35,36)24-14-8-21(9-15-24)33-22-10-16-25(17-11-22)38(27,28,29,30)31/h2-7,10-13,16-17,21,24,33H,8-9,14-15H2,1H3,(H,32,34). The summed E-state index contributed by atoms with van der Waals surface area (Å²) in [4.78, 5) is 9.95. The molecule has 3 aromatic carbocycles. The molecule has 2 N–H and O–H groups in total. The molecule has 0 heterocycles. The minimum Gasteiger partial charge on any atom is -0.382 e. The fraction of sp³-hybridized carbons (Fsp3) is 0.269. The van der Waals surface area contributed by atoms with E-state index in [1.54, 1.807) is 55.6 Å². The number of hydrogen-bond donors (Lipinski definition) is 2. The van der Waals surface area contributed by atoms with Gasteiger partial charge in [0.15, 0.2) is 9.84 Å². The summed E-state index contributed by atoms with van der Waals surface area (Å²) < 4.78 is 90.9. The van der Waals surface area contributed by atoms with Gasteiger partial charge in [-0.1, -0.05) is 43.7 Å². The second kappa shape index (κ2) is 9.26. The highest BCUT2D eigenvalue weighted by molar-refractivity contribution is 8.45. The Morgan fingerprint density at radius 3 is 1.74 bits per heavy atom. The molecule has 1 aliphatic carbocycles. The van der Waals surface area contributed by atoms with Crippen LogP contribution in [0, 0.1) is 0 Å². The summed E-state index contributed by atoms with van der Waals surface area (Å²) in [5.74, 6) is -0.201. The van der Waals surface area contributed by atoms with E-state index in [1.807, 2.05) is 0 Å². The maximum absolute atomic E-state index is 13.2. The van der Waals surface area contributed by atoms with E-state index in [2.05, 4.69) is 10.6 Å². The number of sulfone groups is 1. The lowest BCUT2D eigenvalue weighted by Crippen LogP contribution is -2.32. The van der Waals surface area contributed by atoms with E-state index in [4.69, 9.17) is 0 Å². The first-order chi connectivity index (χ1) is 17.6. The maximum Gasteiger partial charge on any atom is 0.310 e. The van der Waals surface area contributed by atoms with Gasteiger partial charge < -0.3 is 10.6 Å². The predicted molar refractivity (Wildman–Crippen MR) is 140 cm³/mol. The molecule has 0 aliphatic heterocycles. The van der Waals surface area contributed by atoms with Crippen LogP contribution < -0.4 is 10.6 Å². The van der Waals surface area contributed by atoms with Crippen LogP contribution in [-0.4, -0.2) is 32.7 Å². The molecule has 0 radical (unpaired) electrons. The van der Waals surface area contributed by atoms with Crippen LogP contribution in [0.3, 0.4) is 0 Å². The molecule has 0 unspecified atom stereocenters. The zero-order chi connectivity index (χ0) is 27.8. The van der Waals surface area contributed by atoms with Gasteiger partial charge in [-0.3, -0.25) is 4.79 Å². The topological polar surface area (TPSA) is 75.3 Å². The first-order valence-corrected chi connectivity index (χ1v) is 15.3. The molecule has 38 heavy (non-hydrogen) atoms. The van der Waals surface area contributed by atoms with Crippen molar-refractivity contribution >= 4 is 31.7 Å². The number of nitrogens with one attached hydrogen (secondary N) is 2. The minimum absolute atomic E-state index is 0.188. The fourth-order valence-electron chi connectivity index (χ4n) is 4.55. The van der Waals surface area contributed by atoms with Crippen LogP contribution in [-0.2, 0) is 9.84 Å². The van der Waals surface area contributed by atoms with Crippen LogP contribution in [0.5, 0.6) is 0 Å². The third kappa shape index (κ3) is 6.29. The predicted octanol–water partition coefficient (Wildman–Crippen LogP) is 7.57. The normalized spacial score (nSPS) is 20.2. The summed E-state index contributed by atoms with van der Waals surface area (Å²) in [7, 11) is -11.8. The van der Waals surface area contributed by atoms with Crippen molar-refractivity contribution in [3.8, 4) is 11.1 Å². The number of rotatable bonds is 7. The highest BCUT2D eigenvalue weighted by Crippen LogP contribution is 3.02. The van der Waals surface area contributed by atoms with Crippen molar-refractivity contribution in [2.45, 2.75) is 46.8 Å². The van der Waals surface area contributed by atoms with Gasteiger partial charge in [-0.2, -0.15) is 0 Å². The van der Waals surface area contributed by atoms with E-state index in [1.165, 1.54) is 0 Å². The summed E-state index contributed by atoms with van der Waals surface area (Å²) in [6, 6.07) is 15.9. The highest BCUT2D eigenvalue weighted by Gasteiger charge is 2.65. The quantitative estimate of drug-likeness (QED) is 0.286. The number of benzene rings is 3. The van der Waals surface area contributed by atoms with Gasteiger partial charge in [-0.25, -0.2) is 8.42 Å². The van der Waals surface area contributed by atoms with Crippen LogP contribution in [0.25, 0.3) is 11.1 Å². The summed E-state index contributed by atoms with van der Waals surface area (Å²) in [6.45, 7) is 0. The zero-order valence-corrected chi connectivity index (χ0v) is 22.0. The second-order valence-electron chi connectivity index (χ2n) is 9.34. The van der Waals surface area contributed by atoms with E-state index in [9.17, 15) is 32.6 Å². The van der Waals surface area contributed by atoms with Crippen molar-refractivity contribution in [3.63, 3.8) is 0 Å². The van der Waals surface area contributed by atoms with Gasteiger partial charge in [0.05, 0.1) is 10.1 Å². The van der Waals surface area contributed by atoms with Crippen LogP contribution >= 0.6 is 10.2 Å². The lowest BCUT2D eigenvalue weighted by molar-refractivity contribution is 0.0963. The van der Waals surface area contributed by atoms with Crippen LogP contribution in [0.2, 0.25) is 0 Å². The molecule has 3 aromatic rings. The van der Waals surface area contributed by atoms with E-state index in [0.717, 1.165) is 23.3 Å². The Hall–Kier alpha value is -3.12. The van der Waals surface area contributed by atoms with Crippen LogP contribution in [0.1, 0.15) is 36.0 Å². The monoisotopic (exact) mass is 574 g/mol. The van der Waals surface area contributed by atoms with Gasteiger partial charge in [0.25, 0.3) is 5.91 Å². The zero-order valence-electron chi connectivity index (χ0n) is 20.3. The maximum atomic E-state index is 13.2. The number of carbonyl (C=O) groups is 1. The summed E-state index contributed by atoms with van der Waals surface area (Å²) >= 11 is 0. The van der Waals surface area contributed by atoms with Crippen molar-refractivity contribution < 1.29 is 32.6 Å². The Morgan fingerprint density at radius 2 is 1.26 bits per heavy atom. The number of carbonyl (C=O) groups excluding carboxylic acids is 1. The first-order valence-electron chi connectivity index (χ1n) is 11.8.